The molecule has 1 unspecified atom stereocenters. The molecule has 10 heavy (non-hydrogen) atoms. The fourth-order valence-corrected chi connectivity index (χ4v) is 2.08. The Balaban J connectivity index is 2.34. The van der Waals surface area contributed by atoms with Crippen molar-refractivity contribution >= 4 is 0 Å². The predicted molar refractivity (Wildman–Crippen MR) is 45.1 cm³/mol. The molecule has 1 heteroatoms. The summed E-state index contributed by atoms with van der Waals surface area (Å²) < 4.78 is 0. The normalized spacial score (nSPS) is 34.2. The van der Waals surface area contributed by atoms with Crippen molar-refractivity contribution < 1.29 is 0 Å². The van der Waals surface area contributed by atoms with Gasteiger partial charge in [0.15, 0.2) is 0 Å². The first-order chi connectivity index (χ1) is 4.88. The molecule has 0 heterocycles. The van der Waals surface area contributed by atoms with E-state index in [1.807, 2.05) is 0 Å². The molecule has 0 radical (unpaired) electrons. The van der Waals surface area contributed by atoms with Gasteiger partial charge in [-0.25, -0.2) is 0 Å². The lowest BCUT2D eigenvalue weighted by atomic mass is 9.83. The summed E-state index contributed by atoms with van der Waals surface area (Å²) in [6.07, 6.45) is 7.08. The molecule has 0 aromatic heterocycles. The molecule has 1 aliphatic rings. The fourth-order valence-electron chi connectivity index (χ4n) is 2.08. The van der Waals surface area contributed by atoms with Crippen LogP contribution < -0.4 is 5.32 Å². The number of hydrogen-bond acceptors (Lipinski definition) is 1. The lowest BCUT2D eigenvalue weighted by Crippen LogP contribution is -2.35. The zero-order chi connectivity index (χ0) is 7.40. The third-order valence-corrected chi connectivity index (χ3v) is 2.80. The summed E-state index contributed by atoms with van der Waals surface area (Å²) in [6, 6.07) is 0.818. The molecular formula is C9H19N. The fraction of sp³-hybridized carbons (Fsp3) is 1.00. The summed E-state index contributed by atoms with van der Waals surface area (Å²) in [5, 5.41) is 3.40. The molecule has 1 saturated carbocycles. The number of nitrogens with one attached hydrogen (secondary N) is 1. The van der Waals surface area contributed by atoms with Crippen molar-refractivity contribution in [1.29, 1.82) is 0 Å². The minimum absolute atomic E-state index is 0.818. The van der Waals surface area contributed by atoms with Crippen LogP contribution in [0.15, 0.2) is 0 Å². The van der Waals surface area contributed by atoms with Crippen LogP contribution in [0, 0.1) is 5.92 Å². The molecule has 1 nitrogen and oxygen atoms in total. The van der Waals surface area contributed by atoms with Crippen LogP contribution in [0.2, 0.25) is 0 Å². The van der Waals surface area contributed by atoms with Gasteiger partial charge in [-0.05, 0) is 25.8 Å². The molecule has 60 valence electrons. The van der Waals surface area contributed by atoms with Gasteiger partial charge in [0.25, 0.3) is 0 Å². The first kappa shape index (κ1) is 8.06. The molecule has 2 atom stereocenters. The Bertz CT molecular complexity index is 78.7. The van der Waals surface area contributed by atoms with Crippen molar-refractivity contribution in [2.45, 2.75) is 45.1 Å². The Labute approximate surface area is 64.2 Å². The predicted octanol–water partition coefficient (Wildman–Crippen LogP) is 2.17. The molecule has 0 aromatic rings. The Morgan fingerprint density at radius 2 is 2.00 bits per heavy atom. The van der Waals surface area contributed by atoms with E-state index in [1.165, 1.54) is 32.1 Å². The van der Waals surface area contributed by atoms with Gasteiger partial charge >= 0.3 is 0 Å². The van der Waals surface area contributed by atoms with Gasteiger partial charge in [0.1, 0.15) is 0 Å². The monoisotopic (exact) mass is 141 g/mol. The highest BCUT2D eigenvalue weighted by Gasteiger charge is 2.21. The topological polar surface area (TPSA) is 12.0 Å². The van der Waals surface area contributed by atoms with E-state index >= 15 is 0 Å². The van der Waals surface area contributed by atoms with Gasteiger partial charge in [0, 0.05) is 6.04 Å². The van der Waals surface area contributed by atoms with Crippen molar-refractivity contribution in [1.82, 2.24) is 5.32 Å². The van der Waals surface area contributed by atoms with Crippen LogP contribution in [0.1, 0.15) is 39.0 Å². The first-order valence-electron chi connectivity index (χ1n) is 4.55. The van der Waals surface area contributed by atoms with E-state index in [0.29, 0.717) is 0 Å². The van der Waals surface area contributed by atoms with E-state index in [0.717, 1.165) is 12.0 Å². The average Bonchev–Trinajstić information content (AvgIpc) is 2.04. The molecule has 0 spiro atoms. The second-order valence-corrected chi connectivity index (χ2v) is 3.35. The maximum atomic E-state index is 3.40. The lowest BCUT2D eigenvalue weighted by Gasteiger charge is -2.30. The molecule has 0 aliphatic heterocycles. The Morgan fingerprint density at radius 1 is 1.30 bits per heavy atom. The van der Waals surface area contributed by atoms with Crippen molar-refractivity contribution in [3.8, 4) is 0 Å². The second kappa shape index (κ2) is 3.97. The van der Waals surface area contributed by atoms with Crippen LogP contribution >= 0.6 is 0 Å². The van der Waals surface area contributed by atoms with Gasteiger partial charge in [-0.15, -0.1) is 0 Å². The largest absolute Gasteiger partial charge is 0.317 e. The summed E-state index contributed by atoms with van der Waals surface area (Å²) in [5.74, 6) is 0.957. The van der Waals surface area contributed by atoms with Gasteiger partial charge in [0.2, 0.25) is 0 Å². The van der Waals surface area contributed by atoms with Crippen molar-refractivity contribution in [3.05, 3.63) is 0 Å². The number of rotatable bonds is 2. The zero-order valence-electron chi connectivity index (χ0n) is 7.19. The summed E-state index contributed by atoms with van der Waals surface area (Å²) >= 11 is 0. The standard InChI is InChI=1S/C9H19N/c1-3-8-6-4-5-7-9(8)10-2/h8-10H,3-7H2,1-2H3/t8-,9?/m1/s1. The van der Waals surface area contributed by atoms with Crippen LogP contribution in [-0.4, -0.2) is 13.1 Å². The van der Waals surface area contributed by atoms with Gasteiger partial charge < -0.3 is 5.32 Å². The van der Waals surface area contributed by atoms with Crippen LogP contribution in [0.3, 0.4) is 0 Å². The molecule has 1 rings (SSSR count). The molecule has 0 saturated heterocycles. The molecular weight excluding hydrogens is 122 g/mol. The summed E-state index contributed by atoms with van der Waals surface area (Å²) in [4.78, 5) is 0. The van der Waals surface area contributed by atoms with Crippen LogP contribution in [0.4, 0.5) is 0 Å². The highest BCUT2D eigenvalue weighted by molar-refractivity contribution is 4.78. The van der Waals surface area contributed by atoms with E-state index in [2.05, 4.69) is 19.3 Å². The first-order valence-corrected chi connectivity index (χ1v) is 4.55. The molecule has 1 aliphatic carbocycles. The minimum atomic E-state index is 0.818. The van der Waals surface area contributed by atoms with E-state index < -0.39 is 0 Å². The number of hydrogen-bond donors (Lipinski definition) is 1. The molecule has 0 amide bonds. The van der Waals surface area contributed by atoms with Gasteiger partial charge in [-0.1, -0.05) is 26.2 Å². The van der Waals surface area contributed by atoms with E-state index in [4.69, 9.17) is 0 Å². The third kappa shape index (κ3) is 1.72. The quantitative estimate of drug-likeness (QED) is 0.621. The van der Waals surface area contributed by atoms with Gasteiger partial charge in [0.05, 0.1) is 0 Å². The molecule has 1 N–H and O–H groups in total. The van der Waals surface area contributed by atoms with E-state index in [9.17, 15) is 0 Å². The van der Waals surface area contributed by atoms with Crippen molar-refractivity contribution in [3.63, 3.8) is 0 Å². The van der Waals surface area contributed by atoms with Gasteiger partial charge in [-0.2, -0.15) is 0 Å². The molecule has 1 fully saturated rings. The Morgan fingerprint density at radius 3 is 2.50 bits per heavy atom. The van der Waals surface area contributed by atoms with E-state index in [1.54, 1.807) is 0 Å². The van der Waals surface area contributed by atoms with E-state index in [-0.39, 0.29) is 0 Å². The Kier molecular flexibility index (Phi) is 3.20. The van der Waals surface area contributed by atoms with Crippen LogP contribution in [0.25, 0.3) is 0 Å². The maximum absolute atomic E-state index is 3.40. The third-order valence-electron chi connectivity index (χ3n) is 2.80. The minimum Gasteiger partial charge on any atom is -0.317 e. The highest BCUT2D eigenvalue weighted by Crippen LogP contribution is 2.26. The van der Waals surface area contributed by atoms with Crippen molar-refractivity contribution in [2.75, 3.05) is 7.05 Å². The summed E-state index contributed by atoms with van der Waals surface area (Å²) in [7, 11) is 2.10. The van der Waals surface area contributed by atoms with Crippen molar-refractivity contribution in [2.24, 2.45) is 5.92 Å². The SMILES string of the molecule is CC[C@@H]1CCCCC1NC. The zero-order valence-corrected chi connectivity index (χ0v) is 7.19. The smallest absolute Gasteiger partial charge is 0.00922 e. The second-order valence-electron chi connectivity index (χ2n) is 3.35. The lowest BCUT2D eigenvalue weighted by molar-refractivity contribution is 0.267. The average molecular weight is 141 g/mol. The maximum Gasteiger partial charge on any atom is 0.00922 e. The van der Waals surface area contributed by atoms with Crippen LogP contribution in [0.5, 0.6) is 0 Å². The van der Waals surface area contributed by atoms with Gasteiger partial charge in [-0.3, -0.25) is 0 Å². The Hall–Kier alpha value is -0.0400. The summed E-state index contributed by atoms with van der Waals surface area (Å²) in [5.41, 5.74) is 0. The van der Waals surface area contributed by atoms with Crippen LogP contribution in [-0.2, 0) is 0 Å². The molecule has 0 bridgehead atoms. The molecule has 0 aromatic carbocycles. The summed E-state index contributed by atoms with van der Waals surface area (Å²) in [6.45, 7) is 2.31. The highest BCUT2D eigenvalue weighted by atomic mass is 14.9.